The van der Waals surface area contributed by atoms with Gasteiger partial charge in [-0.2, -0.15) is 5.10 Å². The largest absolute Gasteiger partial charge is 0.398 e. The highest BCUT2D eigenvalue weighted by atomic mass is 32.2. The van der Waals surface area contributed by atoms with Crippen LogP contribution in [0.2, 0.25) is 0 Å². The molecular formula is C11H11FN4OS. The van der Waals surface area contributed by atoms with E-state index in [-0.39, 0.29) is 16.1 Å². The van der Waals surface area contributed by atoms with Gasteiger partial charge < -0.3 is 11.5 Å². The van der Waals surface area contributed by atoms with Crippen LogP contribution in [0.4, 0.5) is 10.1 Å². The zero-order valence-corrected chi connectivity index (χ0v) is 10.4. The third kappa shape index (κ3) is 2.45. The van der Waals surface area contributed by atoms with Gasteiger partial charge >= 0.3 is 0 Å². The zero-order chi connectivity index (χ0) is 13.3. The van der Waals surface area contributed by atoms with Crippen molar-refractivity contribution in [3.63, 3.8) is 0 Å². The van der Waals surface area contributed by atoms with E-state index >= 15 is 0 Å². The van der Waals surface area contributed by atoms with Crippen LogP contribution in [0.1, 0.15) is 10.4 Å². The lowest BCUT2D eigenvalue weighted by molar-refractivity contribution is 0.100. The van der Waals surface area contributed by atoms with Crippen LogP contribution in [-0.2, 0) is 7.05 Å². The van der Waals surface area contributed by atoms with E-state index in [4.69, 9.17) is 11.5 Å². The Labute approximate surface area is 107 Å². The fraction of sp³-hybridized carbons (Fsp3) is 0.0909. The van der Waals surface area contributed by atoms with Crippen molar-refractivity contribution < 1.29 is 9.18 Å². The first-order valence-electron chi connectivity index (χ1n) is 5.02. The Morgan fingerprint density at radius 2 is 2.22 bits per heavy atom. The van der Waals surface area contributed by atoms with Crippen molar-refractivity contribution in [3.8, 4) is 0 Å². The molecule has 0 aliphatic heterocycles. The summed E-state index contributed by atoms with van der Waals surface area (Å²) < 4.78 is 15.3. The number of nitrogens with two attached hydrogens (primary N) is 2. The number of benzene rings is 1. The lowest BCUT2D eigenvalue weighted by Gasteiger charge is -2.06. The maximum Gasteiger partial charge on any atom is 0.250 e. The fourth-order valence-corrected chi connectivity index (χ4v) is 2.33. The maximum atomic E-state index is 13.7. The summed E-state index contributed by atoms with van der Waals surface area (Å²) >= 11 is 1.15. The molecule has 1 aromatic carbocycles. The molecule has 0 aliphatic carbocycles. The van der Waals surface area contributed by atoms with Gasteiger partial charge in [0.15, 0.2) is 0 Å². The van der Waals surface area contributed by atoms with E-state index in [1.54, 1.807) is 24.1 Å². The highest BCUT2D eigenvalue weighted by molar-refractivity contribution is 7.99. The number of amides is 1. The lowest BCUT2D eigenvalue weighted by atomic mass is 10.1. The molecule has 7 heteroatoms. The number of halogens is 1. The summed E-state index contributed by atoms with van der Waals surface area (Å²) in [6, 6.07) is 2.45. The van der Waals surface area contributed by atoms with Gasteiger partial charge in [-0.15, -0.1) is 0 Å². The molecule has 4 N–H and O–H groups in total. The summed E-state index contributed by atoms with van der Waals surface area (Å²) in [7, 11) is 1.76. The number of carbonyl (C=O) groups is 1. The van der Waals surface area contributed by atoms with Crippen molar-refractivity contribution in [2.45, 2.75) is 9.79 Å². The number of aromatic nitrogens is 2. The van der Waals surface area contributed by atoms with E-state index in [0.717, 1.165) is 22.7 Å². The Kier molecular flexibility index (Phi) is 3.24. The topological polar surface area (TPSA) is 86.9 Å². The lowest BCUT2D eigenvalue weighted by Crippen LogP contribution is -2.14. The van der Waals surface area contributed by atoms with Gasteiger partial charge in [0, 0.05) is 23.8 Å². The number of carbonyl (C=O) groups excluding carboxylic acids is 1. The number of nitrogen functional groups attached to an aromatic ring is 1. The number of anilines is 1. The van der Waals surface area contributed by atoms with Gasteiger partial charge in [0.05, 0.1) is 16.7 Å². The maximum absolute atomic E-state index is 13.7. The van der Waals surface area contributed by atoms with Crippen LogP contribution in [0.15, 0.2) is 34.3 Å². The van der Waals surface area contributed by atoms with Crippen LogP contribution in [0.5, 0.6) is 0 Å². The molecule has 0 radical (unpaired) electrons. The monoisotopic (exact) mass is 266 g/mol. The number of primary amides is 1. The van der Waals surface area contributed by atoms with Crippen LogP contribution < -0.4 is 11.5 Å². The van der Waals surface area contributed by atoms with Gasteiger partial charge in [0.25, 0.3) is 5.91 Å². The predicted molar refractivity (Wildman–Crippen MR) is 66.7 cm³/mol. The molecule has 0 atom stereocenters. The Hall–Kier alpha value is -2.02. The molecule has 18 heavy (non-hydrogen) atoms. The van der Waals surface area contributed by atoms with Crippen molar-refractivity contribution in [1.29, 1.82) is 0 Å². The average Bonchev–Trinajstić information content (AvgIpc) is 2.67. The van der Waals surface area contributed by atoms with E-state index in [0.29, 0.717) is 0 Å². The van der Waals surface area contributed by atoms with Crippen molar-refractivity contribution in [3.05, 3.63) is 35.9 Å². The van der Waals surface area contributed by atoms with Crippen LogP contribution >= 0.6 is 11.8 Å². The minimum absolute atomic E-state index is 0.0375. The first-order valence-corrected chi connectivity index (χ1v) is 5.84. The van der Waals surface area contributed by atoms with Gasteiger partial charge in [0.2, 0.25) is 0 Å². The fourth-order valence-electron chi connectivity index (χ4n) is 1.44. The van der Waals surface area contributed by atoms with Gasteiger partial charge in [-0.1, -0.05) is 11.8 Å². The van der Waals surface area contributed by atoms with Crippen LogP contribution in [0, 0.1) is 5.82 Å². The number of nitrogens with zero attached hydrogens (tertiary/aromatic N) is 2. The molecular weight excluding hydrogens is 255 g/mol. The molecule has 1 aromatic heterocycles. The second-order valence-corrected chi connectivity index (χ2v) is 4.80. The summed E-state index contributed by atoms with van der Waals surface area (Å²) in [5.74, 6) is -1.17. The predicted octanol–water partition coefficient (Wildman–Crippen LogP) is 1.39. The molecule has 0 bridgehead atoms. The second-order valence-electron chi connectivity index (χ2n) is 3.69. The second kappa shape index (κ2) is 4.69. The van der Waals surface area contributed by atoms with Gasteiger partial charge in [-0.05, 0) is 12.1 Å². The number of aryl methyl sites for hydroxylation is 1. The van der Waals surface area contributed by atoms with E-state index in [1.165, 1.54) is 6.07 Å². The third-order valence-corrected chi connectivity index (χ3v) is 3.26. The molecule has 1 heterocycles. The molecule has 0 fully saturated rings. The summed E-state index contributed by atoms with van der Waals surface area (Å²) in [5.41, 5.74) is 10.8. The smallest absolute Gasteiger partial charge is 0.250 e. The molecule has 2 aromatic rings. The number of hydrogen-bond acceptors (Lipinski definition) is 4. The van der Waals surface area contributed by atoms with E-state index < -0.39 is 11.7 Å². The Morgan fingerprint density at radius 1 is 1.50 bits per heavy atom. The minimum atomic E-state index is -0.680. The summed E-state index contributed by atoms with van der Waals surface area (Å²) in [6.07, 6.45) is 3.34. The van der Waals surface area contributed by atoms with Crippen molar-refractivity contribution >= 4 is 23.4 Å². The van der Waals surface area contributed by atoms with Crippen molar-refractivity contribution in [2.24, 2.45) is 12.8 Å². The molecule has 2 rings (SSSR count). The average molecular weight is 266 g/mol. The highest BCUT2D eigenvalue weighted by Crippen LogP contribution is 2.31. The highest BCUT2D eigenvalue weighted by Gasteiger charge is 2.13. The molecule has 0 saturated heterocycles. The summed E-state index contributed by atoms with van der Waals surface area (Å²) in [5, 5.41) is 3.97. The number of rotatable bonds is 3. The van der Waals surface area contributed by atoms with Crippen molar-refractivity contribution in [2.75, 3.05) is 5.73 Å². The summed E-state index contributed by atoms with van der Waals surface area (Å²) in [6.45, 7) is 0. The molecule has 5 nitrogen and oxygen atoms in total. The molecule has 0 unspecified atom stereocenters. The first-order chi connectivity index (χ1) is 8.47. The number of hydrogen-bond donors (Lipinski definition) is 2. The molecule has 0 saturated carbocycles. The van der Waals surface area contributed by atoms with E-state index in [1.807, 2.05) is 0 Å². The van der Waals surface area contributed by atoms with Gasteiger partial charge in [-0.25, -0.2) is 4.39 Å². The van der Waals surface area contributed by atoms with Gasteiger partial charge in [0.1, 0.15) is 5.82 Å². The third-order valence-electron chi connectivity index (χ3n) is 2.28. The normalized spacial score (nSPS) is 10.6. The molecule has 94 valence electrons. The molecule has 1 amide bonds. The van der Waals surface area contributed by atoms with Gasteiger partial charge in [-0.3, -0.25) is 9.48 Å². The van der Waals surface area contributed by atoms with Crippen LogP contribution in [-0.4, -0.2) is 15.7 Å². The van der Waals surface area contributed by atoms with E-state index in [9.17, 15) is 9.18 Å². The van der Waals surface area contributed by atoms with Crippen molar-refractivity contribution in [1.82, 2.24) is 9.78 Å². The summed E-state index contributed by atoms with van der Waals surface area (Å²) in [4.78, 5) is 12.2. The SMILES string of the molecule is Cn1cc(Sc2cc(C(N)=O)c(N)cc2F)cn1. The zero-order valence-electron chi connectivity index (χ0n) is 9.55. The minimum Gasteiger partial charge on any atom is -0.398 e. The van der Waals surface area contributed by atoms with Crippen LogP contribution in [0.3, 0.4) is 0 Å². The van der Waals surface area contributed by atoms with Crippen LogP contribution in [0.25, 0.3) is 0 Å². The molecule has 0 aliphatic rings. The quantitative estimate of drug-likeness (QED) is 0.822. The van der Waals surface area contributed by atoms with E-state index in [2.05, 4.69) is 5.10 Å². The Morgan fingerprint density at radius 3 is 2.78 bits per heavy atom. The standard InChI is InChI=1S/C11H11FN4OS/c1-16-5-6(4-15-16)18-10-2-7(11(14)17)9(13)3-8(10)12/h2-5H,13H2,1H3,(H2,14,17). The Bertz CT molecular complexity index is 611. The first kappa shape index (κ1) is 12.4. The Balaban J connectivity index is 2.38. The molecule has 0 spiro atoms.